The molecule has 0 aliphatic rings. The van der Waals surface area contributed by atoms with Gasteiger partial charge in [-0.3, -0.25) is 4.72 Å². The van der Waals surface area contributed by atoms with E-state index in [1.807, 2.05) is 0 Å². The first-order valence-electron chi connectivity index (χ1n) is 5.99. The molecule has 2 aromatic rings. The lowest BCUT2D eigenvalue weighted by molar-refractivity contribution is 0.601. The maximum absolute atomic E-state index is 12.4. The monoisotopic (exact) mass is 340 g/mol. The van der Waals surface area contributed by atoms with Gasteiger partial charge in [0.25, 0.3) is 10.0 Å². The van der Waals surface area contributed by atoms with Gasteiger partial charge in [-0.15, -0.1) is 0 Å². The quantitative estimate of drug-likeness (QED) is 0.839. The van der Waals surface area contributed by atoms with Gasteiger partial charge < -0.3 is 5.73 Å². The van der Waals surface area contributed by atoms with Gasteiger partial charge in [-0.2, -0.15) is 0 Å². The Bertz CT molecular complexity index is 784. The van der Waals surface area contributed by atoms with E-state index in [1.54, 1.807) is 37.3 Å². The van der Waals surface area contributed by atoms with Crippen LogP contribution in [-0.2, 0) is 10.0 Å². The van der Waals surface area contributed by atoms with Crippen LogP contribution in [-0.4, -0.2) is 13.4 Å². The summed E-state index contributed by atoms with van der Waals surface area (Å²) in [6, 6.07) is 11.3. The van der Waals surface area contributed by atoms with Gasteiger partial charge in [0, 0.05) is 5.56 Å². The van der Waals surface area contributed by atoms with Crippen molar-refractivity contribution in [3.05, 3.63) is 58.6 Å². The van der Waals surface area contributed by atoms with Gasteiger partial charge in [0.2, 0.25) is 0 Å². The minimum atomic E-state index is -3.76. The molecule has 0 radical (unpaired) electrons. The minimum absolute atomic E-state index is 0.0760. The van der Waals surface area contributed by atoms with Gasteiger partial charge in [-0.1, -0.05) is 48.1 Å². The number of aryl methyl sites for hydroxylation is 1. The average Bonchev–Trinajstić information content (AvgIpc) is 2.43. The molecule has 21 heavy (non-hydrogen) atoms. The van der Waals surface area contributed by atoms with Crippen LogP contribution in [0.15, 0.2) is 47.4 Å². The topological polar surface area (TPSA) is 72.2 Å². The van der Waals surface area contributed by atoms with Crippen LogP contribution in [0.3, 0.4) is 0 Å². The van der Waals surface area contributed by atoms with Crippen LogP contribution in [0.1, 0.15) is 11.1 Å². The van der Waals surface area contributed by atoms with Crippen molar-refractivity contribution >= 4 is 44.5 Å². The molecular weight excluding hydrogens is 328 g/mol. The normalized spacial score (nSPS) is 11.1. The summed E-state index contributed by atoms with van der Waals surface area (Å²) in [4.78, 5) is 0.216. The number of nitrogens with one attached hydrogen (secondary N) is 1. The molecule has 0 bridgehead atoms. The van der Waals surface area contributed by atoms with Gasteiger partial charge in [0.05, 0.1) is 15.6 Å². The molecule has 0 aliphatic heterocycles. The molecule has 2 rings (SSSR count). The zero-order chi connectivity index (χ0) is 15.6. The first kappa shape index (κ1) is 15.8. The van der Waals surface area contributed by atoms with Crippen LogP contribution < -0.4 is 10.5 Å². The van der Waals surface area contributed by atoms with Gasteiger partial charge in [0.15, 0.2) is 0 Å². The summed E-state index contributed by atoms with van der Waals surface area (Å²) in [6.07, 6.45) is 0. The summed E-state index contributed by atoms with van der Waals surface area (Å²) < 4.78 is 27.3. The summed E-state index contributed by atoms with van der Waals surface area (Å²) >= 11 is 10.9. The SMILES string of the molecule is Cc1cccc(Cl)c1NS(=O)(=O)c1cccc(C(N)=S)c1. The molecule has 4 nitrogen and oxygen atoms in total. The lowest BCUT2D eigenvalue weighted by atomic mass is 10.2. The van der Waals surface area contributed by atoms with Crippen LogP contribution in [0.2, 0.25) is 5.02 Å². The third kappa shape index (κ3) is 3.53. The molecule has 3 N–H and O–H groups in total. The van der Waals surface area contributed by atoms with Crippen LogP contribution in [0, 0.1) is 6.92 Å². The number of benzene rings is 2. The Hall–Kier alpha value is -1.63. The Labute approximate surface area is 134 Å². The van der Waals surface area contributed by atoms with Gasteiger partial charge in [-0.25, -0.2) is 8.42 Å². The maximum Gasteiger partial charge on any atom is 0.261 e. The maximum atomic E-state index is 12.4. The van der Waals surface area contributed by atoms with E-state index in [-0.39, 0.29) is 9.88 Å². The highest BCUT2D eigenvalue weighted by molar-refractivity contribution is 7.92. The fourth-order valence-corrected chi connectivity index (χ4v) is 3.42. The smallest absolute Gasteiger partial charge is 0.261 e. The van der Waals surface area contributed by atoms with Crippen LogP contribution >= 0.6 is 23.8 Å². The fraction of sp³-hybridized carbons (Fsp3) is 0.0714. The highest BCUT2D eigenvalue weighted by atomic mass is 35.5. The van der Waals surface area contributed by atoms with E-state index in [0.717, 1.165) is 5.56 Å². The Morgan fingerprint density at radius 2 is 1.90 bits per heavy atom. The van der Waals surface area contributed by atoms with Gasteiger partial charge in [0.1, 0.15) is 4.99 Å². The Morgan fingerprint density at radius 1 is 1.24 bits per heavy atom. The first-order valence-corrected chi connectivity index (χ1v) is 8.26. The number of hydrogen-bond donors (Lipinski definition) is 2. The lowest BCUT2D eigenvalue weighted by Crippen LogP contribution is -2.16. The zero-order valence-electron chi connectivity index (χ0n) is 11.1. The molecular formula is C14H13ClN2O2S2. The van der Waals surface area contributed by atoms with Crippen molar-refractivity contribution in [3.8, 4) is 0 Å². The molecule has 0 unspecified atom stereocenters. The van der Waals surface area contributed by atoms with Crippen molar-refractivity contribution in [1.82, 2.24) is 0 Å². The van der Waals surface area contributed by atoms with Gasteiger partial charge in [-0.05, 0) is 30.7 Å². The largest absolute Gasteiger partial charge is 0.389 e. The van der Waals surface area contributed by atoms with Crippen molar-refractivity contribution in [1.29, 1.82) is 0 Å². The summed E-state index contributed by atoms with van der Waals surface area (Å²) in [6.45, 7) is 1.77. The molecule has 0 atom stereocenters. The minimum Gasteiger partial charge on any atom is -0.389 e. The summed E-state index contributed by atoms with van der Waals surface area (Å²) in [5.41, 5.74) is 7.11. The predicted octanol–water partition coefficient (Wildman–Crippen LogP) is 3.08. The number of halogens is 1. The number of nitrogens with two attached hydrogens (primary N) is 1. The highest BCUT2D eigenvalue weighted by Gasteiger charge is 2.17. The number of anilines is 1. The number of sulfonamides is 1. The van der Waals surface area contributed by atoms with E-state index in [0.29, 0.717) is 16.3 Å². The molecule has 7 heteroatoms. The number of rotatable bonds is 4. The Balaban J connectivity index is 2.44. The standard InChI is InChI=1S/C14H13ClN2O2S2/c1-9-4-2-7-12(15)13(9)17-21(18,19)11-6-3-5-10(8-11)14(16)20/h2-8,17H,1H3,(H2,16,20). The third-order valence-electron chi connectivity index (χ3n) is 2.89. The molecule has 2 aromatic carbocycles. The molecule has 0 saturated heterocycles. The van der Waals surface area contributed by atoms with Crippen molar-refractivity contribution < 1.29 is 8.42 Å². The Morgan fingerprint density at radius 3 is 2.52 bits per heavy atom. The second-order valence-electron chi connectivity index (χ2n) is 4.43. The highest BCUT2D eigenvalue weighted by Crippen LogP contribution is 2.28. The average molecular weight is 341 g/mol. The Kier molecular flexibility index (Phi) is 4.51. The molecule has 0 fully saturated rings. The van der Waals surface area contributed by atoms with Crippen molar-refractivity contribution in [3.63, 3.8) is 0 Å². The zero-order valence-corrected chi connectivity index (χ0v) is 13.5. The van der Waals surface area contributed by atoms with E-state index in [2.05, 4.69) is 4.72 Å². The molecule has 110 valence electrons. The third-order valence-corrected chi connectivity index (χ3v) is 4.79. The van der Waals surface area contributed by atoms with Crippen molar-refractivity contribution in [2.45, 2.75) is 11.8 Å². The van der Waals surface area contributed by atoms with E-state index in [9.17, 15) is 8.42 Å². The van der Waals surface area contributed by atoms with Crippen LogP contribution in [0.5, 0.6) is 0 Å². The summed E-state index contributed by atoms with van der Waals surface area (Å²) in [5.74, 6) is 0. The molecule has 0 aliphatic carbocycles. The van der Waals surface area contributed by atoms with E-state index in [1.165, 1.54) is 12.1 Å². The van der Waals surface area contributed by atoms with Crippen molar-refractivity contribution in [2.24, 2.45) is 5.73 Å². The molecule has 0 spiro atoms. The van der Waals surface area contributed by atoms with Crippen molar-refractivity contribution in [2.75, 3.05) is 4.72 Å². The molecule has 0 aromatic heterocycles. The molecule has 0 amide bonds. The predicted molar refractivity (Wildman–Crippen MR) is 89.3 cm³/mol. The molecule has 0 saturated carbocycles. The van der Waals surface area contributed by atoms with E-state index >= 15 is 0 Å². The number of hydrogen-bond acceptors (Lipinski definition) is 3. The second-order valence-corrected chi connectivity index (χ2v) is 6.96. The summed E-state index contributed by atoms with van der Waals surface area (Å²) in [7, 11) is -3.76. The van der Waals surface area contributed by atoms with Crippen LogP contribution in [0.4, 0.5) is 5.69 Å². The summed E-state index contributed by atoms with van der Waals surface area (Å²) in [5, 5.41) is 0.337. The van der Waals surface area contributed by atoms with Crippen LogP contribution in [0.25, 0.3) is 0 Å². The van der Waals surface area contributed by atoms with E-state index in [4.69, 9.17) is 29.6 Å². The van der Waals surface area contributed by atoms with Gasteiger partial charge >= 0.3 is 0 Å². The lowest BCUT2D eigenvalue weighted by Gasteiger charge is -2.12. The van der Waals surface area contributed by atoms with E-state index < -0.39 is 10.0 Å². The number of para-hydroxylation sites is 1. The second kappa shape index (κ2) is 6.01. The first-order chi connectivity index (χ1) is 9.81. The molecule has 0 heterocycles. The number of thiocarbonyl (C=S) groups is 1. The fourth-order valence-electron chi connectivity index (χ4n) is 1.77.